The molecule has 5 heteroatoms. The first-order valence-corrected chi connectivity index (χ1v) is 9.54. The van der Waals surface area contributed by atoms with E-state index in [-0.39, 0.29) is 5.41 Å². The van der Waals surface area contributed by atoms with Crippen LogP contribution in [-0.4, -0.2) is 33.5 Å². The van der Waals surface area contributed by atoms with E-state index < -0.39 is 0 Å². The lowest BCUT2D eigenvalue weighted by Crippen LogP contribution is -2.17. The molecule has 0 aromatic carbocycles. The summed E-state index contributed by atoms with van der Waals surface area (Å²) >= 11 is 3.76. The Morgan fingerprint density at radius 2 is 1.74 bits per heavy atom. The van der Waals surface area contributed by atoms with Crippen molar-refractivity contribution in [2.24, 2.45) is 0 Å². The summed E-state index contributed by atoms with van der Waals surface area (Å²) in [4.78, 5) is 5.48. The Morgan fingerprint density at radius 1 is 1.00 bits per heavy atom. The predicted molar refractivity (Wildman–Crippen MR) is 97.4 cm³/mol. The van der Waals surface area contributed by atoms with E-state index in [2.05, 4.69) is 33.8 Å². The Balaban J connectivity index is 1.78. The molecule has 0 saturated carbocycles. The van der Waals surface area contributed by atoms with Crippen LogP contribution in [0.4, 0.5) is 0 Å². The van der Waals surface area contributed by atoms with Crippen LogP contribution in [0.5, 0.6) is 5.75 Å². The van der Waals surface area contributed by atoms with Gasteiger partial charge in [0, 0.05) is 32.7 Å². The second-order valence-corrected chi connectivity index (χ2v) is 8.85. The largest absolute Gasteiger partial charge is 0.490 e. The standard InChI is InChI=1S/C18H24O3S2/c1-11-10-13-16(22-11)17-14(18(13,3)4)15(12(2)23-17)21-9-8-20-7-6-19-5/h10H,6-9H2,1-5H3. The van der Waals surface area contributed by atoms with Crippen molar-refractivity contribution in [3.8, 4) is 15.5 Å². The smallest absolute Gasteiger partial charge is 0.137 e. The van der Waals surface area contributed by atoms with Crippen molar-refractivity contribution in [1.29, 1.82) is 0 Å². The molecule has 3 nitrogen and oxygen atoms in total. The van der Waals surface area contributed by atoms with Crippen molar-refractivity contribution >= 4 is 22.7 Å². The normalized spacial score (nSPS) is 14.8. The SMILES string of the molecule is COCCOCCOc1c(C)sc2c1C(C)(C)c1cc(C)sc1-2. The monoisotopic (exact) mass is 352 g/mol. The van der Waals surface area contributed by atoms with Crippen LogP contribution in [0, 0.1) is 13.8 Å². The molecule has 23 heavy (non-hydrogen) atoms. The maximum atomic E-state index is 6.12. The maximum Gasteiger partial charge on any atom is 0.137 e. The van der Waals surface area contributed by atoms with Gasteiger partial charge in [0.25, 0.3) is 0 Å². The summed E-state index contributed by atoms with van der Waals surface area (Å²) in [5.74, 6) is 1.06. The van der Waals surface area contributed by atoms with E-state index in [0.717, 1.165) is 5.75 Å². The number of hydrogen-bond acceptors (Lipinski definition) is 5. The number of methoxy groups -OCH3 is 1. The minimum atomic E-state index is 0.0203. The summed E-state index contributed by atoms with van der Waals surface area (Å²) in [6.07, 6.45) is 0. The molecule has 1 aliphatic rings. The fraction of sp³-hybridized carbons (Fsp3) is 0.556. The van der Waals surface area contributed by atoms with Crippen LogP contribution in [0.3, 0.4) is 0 Å². The van der Waals surface area contributed by atoms with Crippen LogP contribution in [0.25, 0.3) is 9.75 Å². The molecule has 0 N–H and O–H groups in total. The molecule has 1 aliphatic carbocycles. The zero-order valence-electron chi connectivity index (χ0n) is 14.4. The molecular formula is C18H24O3S2. The quantitative estimate of drug-likeness (QED) is 0.672. The molecule has 0 spiro atoms. The number of thiophene rings is 2. The van der Waals surface area contributed by atoms with Crippen LogP contribution in [-0.2, 0) is 14.9 Å². The van der Waals surface area contributed by atoms with Crippen molar-refractivity contribution in [3.63, 3.8) is 0 Å². The van der Waals surface area contributed by atoms with E-state index in [1.807, 2.05) is 22.7 Å². The number of aryl methyl sites for hydroxylation is 2. The van der Waals surface area contributed by atoms with Gasteiger partial charge in [0.2, 0.25) is 0 Å². The molecule has 0 unspecified atom stereocenters. The Labute approximate surface area is 146 Å². The highest BCUT2D eigenvalue weighted by molar-refractivity contribution is 7.22. The van der Waals surface area contributed by atoms with Gasteiger partial charge in [0.15, 0.2) is 0 Å². The van der Waals surface area contributed by atoms with Gasteiger partial charge in [-0.15, -0.1) is 22.7 Å². The summed E-state index contributed by atoms with van der Waals surface area (Å²) in [6.45, 7) is 11.4. The van der Waals surface area contributed by atoms with Crippen molar-refractivity contribution in [2.75, 3.05) is 33.5 Å². The fourth-order valence-electron chi connectivity index (χ4n) is 3.16. The first-order chi connectivity index (χ1) is 11.0. The molecule has 0 aliphatic heterocycles. The van der Waals surface area contributed by atoms with Gasteiger partial charge in [-0.25, -0.2) is 0 Å². The maximum absolute atomic E-state index is 6.12. The van der Waals surface area contributed by atoms with Crippen molar-refractivity contribution in [3.05, 3.63) is 26.9 Å². The zero-order valence-corrected chi connectivity index (χ0v) is 16.1. The Kier molecular flexibility index (Phi) is 4.83. The lowest BCUT2D eigenvalue weighted by atomic mass is 9.83. The van der Waals surface area contributed by atoms with E-state index in [4.69, 9.17) is 14.2 Å². The minimum Gasteiger partial charge on any atom is -0.490 e. The average molecular weight is 353 g/mol. The van der Waals surface area contributed by atoms with Gasteiger partial charge in [-0.05, 0) is 25.5 Å². The van der Waals surface area contributed by atoms with Gasteiger partial charge in [-0.2, -0.15) is 0 Å². The zero-order chi connectivity index (χ0) is 16.6. The van der Waals surface area contributed by atoms with Gasteiger partial charge >= 0.3 is 0 Å². The van der Waals surface area contributed by atoms with Gasteiger partial charge in [0.1, 0.15) is 12.4 Å². The molecular weight excluding hydrogens is 328 g/mol. The van der Waals surface area contributed by atoms with Crippen molar-refractivity contribution in [1.82, 2.24) is 0 Å². The van der Waals surface area contributed by atoms with Crippen LogP contribution in [0.15, 0.2) is 6.07 Å². The summed E-state index contributed by atoms with van der Waals surface area (Å²) < 4.78 is 16.6. The Bertz CT molecular complexity index is 697. The average Bonchev–Trinajstić information content (AvgIpc) is 3.08. The second kappa shape index (κ2) is 6.55. The van der Waals surface area contributed by atoms with Gasteiger partial charge in [0.05, 0.1) is 24.7 Å². The first-order valence-electron chi connectivity index (χ1n) is 7.91. The van der Waals surface area contributed by atoms with E-state index in [1.165, 1.54) is 30.6 Å². The molecule has 2 heterocycles. The highest BCUT2D eigenvalue weighted by Crippen LogP contribution is 2.59. The molecule has 0 fully saturated rings. The summed E-state index contributed by atoms with van der Waals surface area (Å²) in [7, 11) is 1.68. The van der Waals surface area contributed by atoms with Crippen LogP contribution in [0.1, 0.15) is 34.7 Å². The third-order valence-corrected chi connectivity index (χ3v) is 6.60. The molecule has 126 valence electrons. The van der Waals surface area contributed by atoms with Gasteiger partial charge < -0.3 is 14.2 Å². The highest BCUT2D eigenvalue weighted by Gasteiger charge is 2.42. The fourth-order valence-corrected chi connectivity index (χ4v) is 5.74. The molecule has 2 aromatic heterocycles. The highest BCUT2D eigenvalue weighted by atomic mass is 32.1. The Hall–Kier alpha value is -0.880. The third-order valence-electron chi connectivity index (χ3n) is 4.29. The number of ether oxygens (including phenoxy) is 3. The Morgan fingerprint density at radius 3 is 2.48 bits per heavy atom. The topological polar surface area (TPSA) is 27.7 Å². The molecule has 0 saturated heterocycles. The van der Waals surface area contributed by atoms with Gasteiger partial charge in [-0.1, -0.05) is 13.8 Å². The lowest BCUT2D eigenvalue weighted by Gasteiger charge is -2.22. The predicted octanol–water partition coefficient (Wildman–Crippen LogP) is 4.77. The van der Waals surface area contributed by atoms with Crippen molar-refractivity contribution < 1.29 is 14.2 Å². The molecule has 0 atom stereocenters. The molecule has 0 radical (unpaired) electrons. The number of rotatable bonds is 7. The molecule has 0 amide bonds. The molecule has 3 rings (SSSR count). The first kappa shape index (κ1) is 17.0. The summed E-state index contributed by atoms with van der Waals surface area (Å²) in [5.41, 5.74) is 2.83. The van der Waals surface area contributed by atoms with E-state index in [1.54, 1.807) is 7.11 Å². The van der Waals surface area contributed by atoms with E-state index in [0.29, 0.717) is 26.4 Å². The summed E-state index contributed by atoms with van der Waals surface area (Å²) in [6, 6.07) is 2.33. The van der Waals surface area contributed by atoms with Gasteiger partial charge in [-0.3, -0.25) is 0 Å². The third kappa shape index (κ3) is 2.95. The van der Waals surface area contributed by atoms with E-state index in [9.17, 15) is 0 Å². The second-order valence-electron chi connectivity index (χ2n) is 6.37. The van der Waals surface area contributed by atoms with Crippen LogP contribution < -0.4 is 4.74 Å². The van der Waals surface area contributed by atoms with Crippen molar-refractivity contribution in [2.45, 2.75) is 33.1 Å². The molecule has 0 bridgehead atoms. The van der Waals surface area contributed by atoms with E-state index >= 15 is 0 Å². The number of hydrogen-bond donors (Lipinski definition) is 0. The molecule has 2 aromatic rings. The lowest BCUT2D eigenvalue weighted by molar-refractivity contribution is 0.0541. The van der Waals surface area contributed by atoms with Crippen LogP contribution >= 0.6 is 22.7 Å². The minimum absolute atomic E-state index is 0.0203. The summed E-state index contributed by atoms with van der Waals surface area (Å²) in [5, 5.41) is 0. The number of fused-ring (bicyclic) bond motifs is 3. The van der Waals surface area contributed by atoms with Crippen LogP contribution in [0.2, 0.25) is 0 Å².